The molecule has 0 saturated carbocycles. The minimum Gasteiger partial charge on any atom is -0.462 e. The van der Waals surface area contributed by atoms with Crippen LogP contribution in [0.2, 0.25) is 0 Å². The summed E-state index contributed by atoms with van der Waals surface area (Å²) < 4.78 is 33.8. The van der Waals surface area contributed by atoms with Crippen molar-refractivity contribution in [3.8, 4) is 0 Å². The highest BCUT2D eigenvalue weighted by Gasteiger charge is 2.45. The first-order valence-corrected chi connectivity index (χ1v) is 6.88. The monoisotopic (exact) mass is 301 g/mol. The van der Waals surface area contributed by atoms with E-state index >= 15 is 0 Å². The average Bonchev–Trinajstić information content (AvgIpc) is 2.80. The third-order valence-electron chi connectivity index (χ3n) is 3.44. The lowest BCUT2D eigenvalue weighted by atomic mass is 9.99. The van der Waals surface area contributed by atoms with E-state index in [0.29, 0.717) is 5.56 Å². The molecular weight excluding hydrogens is 288 g/mol. The molecule has 3 rings (SSSR count). The van der Waals surface area contributed by atoms with Crippen LogP contribution in [0.25, 0.3) is 0 Å². The van der Waals surface area contributed by atoms with E-state index in [2.05, 4.69) is 4.99 Å². The molecule has 5 heteroatoms. The van der Waals surface area contributed by atoms with E-state index in [1.807, 2.05) is 0 Å². The summed E-state index contributed by atoms with van der Waals surface area (Å²) in [7, 11) is 0. The average molecular weight is 301 g/mol. The van der Waals surface area contributed by atoms with Gasteiger partial charge in [0.25, 0.3) is 0 Å². The highest BCUT2D eigenvalue weighted by atomic mass is 19.3. The Labute approximate surface area is 126 Å². The quantitative estimate of drug-likeness (QED) is 0.801. The van der Waals surface area contributed by atoms with Crippen LogP contribution >= 0.6 is 0 Å². The molecule has 0 saturated heterocycles. The summed E-state index contributed by atoms with van der Waals surface area (Å²) >= 11 is 0. The Hall–Kier alpha value is -2.56. The van der Waals surface area contributed by atoms with Crippen LogP contribution in [0.3, 0.4) is 0 Å². The zero-order chi connectivity index (χ0) is 15.7. The van der Waals surface area contributed by atoms with Gasteiger partial charge in [0.15, 0.2) is 0 Å². The van der Waals surface area contributed by atoms with Gasteiger partial charge in [0.1, 0.15) is 5.71 Å². The molecule has 2 aromatic rings. The first kappa shape index (κ1) is 14.4. The predicted octanol–water partition coefficient (Wildman–Crippen LogP) is 4.09. The molecule has 0 spiro atoms. The van der Waals surface area contributed by atoms with Crippen LogP contribution in [0.5, 0.6) is 0 Å². The third-order valence-corrected chi connectivity index (χ3v) is 3.44. The summed E-state index contributed by atoms with van der Waals surface area (Å²) in [6, 6.07) is 12.0. The number of carbonyl (C=O) groups excluding carboxylic acids is 1. The minimum absolute atomic E-state index is 0.0977. The summed E-state index contributed by atoms with van der Waals surface area (Å²) in [5.74, 6) is -3.61. The van der Waals surface area contributed by atoms with Crippen LogP contribution in [0.4, 0.5) is 14.5 Å². The second kappa shape index (κ2) is 5.33. The summed E-state index contributed by atoms with van der Waals surface area (Å²) in [6.07, 6.45) is 0. The number of esters is 1. The summed E-state index contributed by atoms with van der Waals surface area (Å²) in [4.78, 5) is 15.6. The van der Waals surface area contributed by atoms with E-state index in [1.54, 1.807) is 25.1 Å². The van der Waals surface area contributed by atoms with Crippen molar-refractivity contribution in [3.63, 3.8) is 0 Å². The van der Waals surface area contributed by atoms with Crippen molar-refractivity contribution in [3.05, 3.63) is 65.2 Å². The number of carbonyl (C=O) groups is 1. The number of nitrogens with zero attached hydrogens (tertiary/aromatic N) is 1. The second-order valence-corrected chi connectivity index (χ2v) is 4.85. The Morgan fingerprint density at radius 1 is 1.14 bits per heavy atom. The number of fused-ring (bicyclic) bond motifs is 1. The van der Waals surface area contributed by atoms with Crippen LogP contribution in [-0.4, -0.2) is 18.3 Å². The van der Waals surface area contributed by atoms with Crippen molar-refractivity contribution in [1.29, 1.82) is 0 Å². The number of hydrogen-bond acceptors (Lipinski definition) is 3. The van der Waals surface area contributed by atoms with Gasteiger partial charge in [-0.15, -0.1) is 0 Å². The van der Waals surface area contributed by atoms with Crippen molar-refractivity contribution in [2.75, 3.05) is 6.61 Å². The molecule has 1 aliphatic rings. The number of hydrogen-bond donors (Lipinski definition) is 0. The maximum atomic E-state index is 14.4. The van der Waals surface area contributed by atoms with Gasteiger partial charge in [-0.05, 0) is 25.1 Å². The number of halogens is 2. The molecule has 0 bridgehead atoms. The van der Waals surface area contributed by atoms with Crippen molar-refractivity contribution < 1.29 is 18.3 Å². The molecule has 112 valence electrons. The standard InChI is InChI=1S/C17H13F2NO2/c1-2-22-16(21)12-9-7-11(8-10-12)15-17(18,19)13-5-3-4-6-14(13)20-15/h3-10H,2H2,1H3. The zero-order valence-corrected chi connectivity index (χ0v) is 11.8. The topological polar surface area (TPSA) is 38.7 Å². The van der Waals surface area contributed by atoms with Gasteiger partial charge in [-0.3, -0.25) is 0 Å². The zero-order valence-electron chi connectivity index (χ0n) is 11.8. The van der Waals surface area contributed by atoms with Gasteiger partial charge in [-0.25, -0.2) is 9.79 Å². The lowest BCUT2D eigenvalue weighted by molar-refractivity contribution is 0.0526. The lowest BCUT2D eigenvalue weighted by Crippen LogP contribution is -2.23. The van der Waals surface area contributed by atoms with Crippen LogP contribution in [0, 0.1) is 0 Å². The number of aliphatic imine (C=N–C) groups is 1. The molecule has 0 radical (unpaired) electrons. The van der Waals surface area contributed by atoms with E-state index < -0.39 is 11.9 Å². The number of para-hydroxylation sites is 1. The molecule has 0 aromatic heterocycles. The molecule has 0 fully saturated rings. The molecule has 0 amide bonds. The number of alkyl halides is 2. The second-order valence-electron chi connectivity index (χ2n) is 4.85. The Bertz CT molecular complexity index is 752. The molecule has 1 heterocycles. The summed E-state index contributed by atoms with van der Waals surface area (Å²) in [6.45, 7) is 1.97. The van der Waals surface area contributed by atoms with Crippen LogP contribution in [0.1, 0.15) is 28.4 Å². The Kier molecular flexibility index (Phi) is 3.48. The normalized spacial score (nSPS) is 15.1. The first-order valence-electron chi connectivity index (χ1n) is 6.88. The maximum Gasteiger partial charge on any atom is 0.338 e. The van der Waals surface area contributed by atoms with Crippen molar-refractivity contribution in [1.82, 2.24) is 0 Å². The molecular formula is C17H13F2NO2. The van der Waals surface area contributed by atoms with Crippen molar-refractivity contribution >= 4 is 17.4 Å². The van der Waals surface area contributed by atoms with Gasteiger partial charge < -0.3 is 4.74 Å². The summed E-state index contributed by atoms with van der Waals surface area (Å²) in [5.41, 5.74) is 0.486. The van der Waals surface area contributed by atoms with Crippen molar-refractivity contribution in [2.45, 2.75) is 12.8 Å². The molecule has 2 aromatic carbocycles. The van der Waals surface area contributed by atoms with Crippen LogP contribution in [0.15, 0.2) is 53.5 Å². The SMILES string of the molecule is CCOC(=O)c1ccc(C2=Nc3ccccc3C2(F)F)cc1. The molecule has 3 nitrogen and oxygen atoms in total. The van der Waals surface area contributed by atoms with Gasteiger partial charge >= 0.3 is 11.9 Å². The van der Waals surface area contributed by atoms with E-state index in [-0.39, 0.29) is 29.1 Å². The Balaban J connectivity index is 1.95. The third kappa shape index (κ3) is 2.28. The molecule has 0 unspecified atom stereocenters. The van der Waals surface area contributed by atoms with E-state index in [4.69, 9.17) is 4.74 Å². The Morgan fingerprint density at radius 3 is 2.45 bits per heavy atom. The highest BCUT2D eigenvalue weighted by molar-refractivity contribution is 6.11. The molecule has 0 aliphatic carbocycles. The van der Waals surface area contributed by atoms with Crippen molar-refractivity contribution in [2.24, 2.45) is 4.99 Å². The molecule has 22 heavy (non-hydrogen) atoms. The highest BCUT2D eigenvalue weighted by Crippen LogP contribution is 2.44. The fourth-order valence-corrected chi connectivity index (χ4v) is 2.38. The number of rotatable bonds is 3. The van der Waals surface area contributed by atoms with E-state index in [9.17, 15) is 13.6 Å². The van der Waals surface area contributed by atoms with E-state index in [1.165, 1.54) is 30.3 Å². The van der Waals surface area contributed by atoms with Gasteiger partial charge in [0.05, 0.1) is 23.4 Å². The summed E-state index contributed by atoms with van der Waals surface area (Å²) in [5, 5.41) is 0. The first-order chi connectivity index (χ1) is 10.5. The molecule has 1 aliphatic heterocycles. The number of benzene rings is 2. The van der Waals surface area contributed by atoms with E-state index in [0.717, 1.165) is 0 Å². The smallest absolute Gasteiger partial charge is 0.338 e. The molecule has 0 atom stereocenters. The van der Waals surface area contributed by atoms with Gasteiger partial charge in [-0.1, -0.05) is 30.3 Å². The predicted molar refractivity (Wildman–Crippen MR) is 78.9 cm³/mol. The van der Waals surface area contributed by atoms with Gasteiger partial charge in [0, 0.05) is 5.56 Å². The fraction of sp³-hybridized carbons (Fsp3) is 0.176. The maximum absolute atomic E-state index is 14.4. The minimum atomic E-state index is -3.14. The Morgan fingerprint density at radius 2 is 1.82 bits per heavy atom. The van der Waals surface area contributed by atoms with Crippen LogP contribution in [-0.2, 0) is 10.7 Å². The van der Waals surface area contributed by atoms with Gasteiger partial charge in [-0.2, -0.15) is 8.78 Å². The van der Waals surface area contributed by atoms with Crippen LogP contribution < -0.4 is 0 Å². The largest absolute Gasteiger partial charge is 0.462 e. The molecule has 0 N–H and O–H groups in total. The lowest BCUT2D eigenvalue weighted by Gasteiger charge is -2.14. The number of ether oxygens (including phenoxy) is 1. The fourth-order valence-electron chi connectivity index (χ4n) is 2.38. The van der Waals surface area contributed by atoms with Gasteiger partial charge in [0.2, 0.25) is 0 Å².